The average molecular weight is 475 g/mol. The van der Waals surface area contributed by atoms with Gasteiger partial charge in [0.2, 0.25) is 0 Å². The second-order valence-electron chi connectivity index (χ2n) is 8.38. The number of hydrogen-bond donors (Lipinski definition) is 0. The standard InChI is InChI=1S/C32H20F2S/c33-29-15-7-5-11-25(29)23-17-19-31(27-13-3-1-9-21(23)27)35-32-20-18-24(22-10-2-4-14-28(22)32)26-12-6-8-16-30(26)34/h1-20H. The molecule has 0 N–H and O–H groups in total. The van der Waals surface area contributed by atoms with Crippen LogP contribution in [-0.4, -0.2) is 0 Å². The van der Waals surface area contributed by atoms with Gasteiger partial charge < -0.3 is 0 Å². The van der Waals surface area contributed by atoms with E-state index in [-0.39, 0.29) is 11.6 Å². The molecule has 0 aliphatic carbocycles. The SMILES string of the molecule is Fc1ccccc1-c1ccc(Sc2ccc(-c3ccccc3F)c3ccccc23)c2ccccc12. The summed E-state index contributed by atoms with van der Waals surface area (Å²) in [5.41, 5.74) is 2.95. The van der Waals surface area contributed by atoms with E-state index in [1.807, 2.05) is 72.8 Å². The van der Waals surface area contributed by atoms with Crippen LogP contribution in [0.3, 0.4) is 0 Å². The molecular formula is C32H20F2S. The predicted molar refractivity (Wildman–Crippen MR) is 143 cm³/mol. The molecule has 6 aromatic rings. The lowest BCUT2D eigenvalue weighted by Crippen LogP contribution is -1.89. The lowest BCUT2D eigenvalue weighted by Gasteiger charge is -2.15. The molecule has 3 heteroatoms. The fourth-order valence-electron chi connectivity index (χ4n) is 4.67. The van der Waals surface area contributed by atoms with Crippen molar-refractivity contribution in [2.45, 2.75) is 9.79 Å². The van der Waals surface area contributed by atoms with Crippen LogP contribution in [0.25, 0.3) is 43.8 Å². The zero-order chi connectivity index (χ0) is 23.8. The number of hydrogen-bond acceptors (Lipinski definition) is 1. The molecule has 6 rings (SSSR count). The van der Waals surface area contributed by atoms with Gasteiger partial charge >= 0.3 is 0 Å². The van der Waals surface area contributed by atoms with Gasteiger partial charge in [0.1, 0.15) is 11.6 Å². The Balaban J connectivity index is 1.49. The number of halogens is 2. The molecule has 0 unspecified atom stereocenters. The van der Waals surface area contributed by atoms with Crippen molar-refractivity contribution in [2.24, 2.45) is 0 Å². The van der Waals surface area contributed by atoms with Crippen LogP contribution in [0.2, 0.25) is 0 Å². The van der Waals surface area contributed by atoms with Crippen LogP contribution in [0.4, 0.5) is 8.78 Å². The summed E-state index contributed by atoms with van der Waals surface area (Å²) in [7, 11) is 0. The summed E-state index contributed by atoms with van der Waals surface area (Å²) in [5.74, 6) is -0.458. The molecule has 0 radical (unpaired) electrons. The highest BCUT2D eigenvalue weighted by Gasteiger charge is 2.15. The summed E-state index contributed by atoms with van der Waals surface area (Å²) in [6, 6.07) is 38.1. The molecule has 0 bridgehead atoms. The third-order valence-electron chi connectivity index (χ3n) is 6.32. The van der Waals surface area contributed by atoms with Gasteiger partial charge in [0.05, 0.1) is 0 Å². The van der Waals surface area contributed by atoms with E-state index >= 15 is 0 Å². The largest absolute Gasteiger partial charge is 0.206 e. The van der Waals surface area contributed by atoms with Crippen LogP contribution in [0.5, 0.6) is 0 Å². The molecule has 0 spiro atoms. The summed E-state index contributed by atoms with van der Waals surface area (Å²) >= 11 is 1.68. The van der Waals surface area contributed by atoms with Crippen LogP contribution >= 0.6 is 11.8 Å². The van der Waals surface area contributed by atoms with Crippen molar-refractivity contribution in [3.8, 4) is 22.3 Å². The first-order chi connectivity index (χ1) is 17.2. The third kappa shape index (κ3) is 3.88. The van der Waals surface area contributed by atoms with Crippen molar-refractivity contribution >= 4 is 33.3 Å². The van der Waals surface area contributed by atoms with Crippen molar-refractivity contribution in [1.29, 1.82) is 0 Å². The van der Waals surface area contributed by atoms with Gasteiger partial charge in [-0.1, -0.05) is 109 Å². The van der Waals surface area contributed by atoms with E-state index in [9.17, 15) is 8.78 Å². The van der Waals surface area contributed by atoms with Gasteiger partial charge in [-0.3, -0.25) is 0 Å². The highest BCUT2D eigenvalue weighted by molar-refractivity contribution is 7.99. The Morgan fingerprint density at radius 1 is 0.343 bits per heavy atom. The second-order valence-corrected chi connectivity index (χ2v) is 9.46. The van der Waals surface area contributed by atoms with Gasteiger partial charge in [0, 0.05) is 20.9 Å². The molecule has 0 amide bonds. The van der Waals surface area contributed by atoms with E-state index in [1.165, 1.54) is 12.1 Å². The fraction of sp³-hybridized carbons (Fsp3) is 0. The molecule has 0 heterocycles. The van der Waals surface area contributed by atoms with Crippen LogP contribution in [0.1, 0.15) is 0 Å². The molecule has 168 valence electrons. The van der Waals surface area contributed by atoms with Crippen LogP contribution < -0.4 is 0 Å². The number of rotatable bonds is 4. The Morgan fingerprint density at radius 3 is 1.14 bits per heavy atom. The fourth-order valence-corrected chi connectivity index (χ4v) is 5.75. The second kappa shape index (κ2) is 9.01. The highest BCUT2D eigenvalue weighted by Crippen LogP contribution is 2.42. The highest BCUT2D eigenvalue weighted by atomic mass is 32.2. The topological polar surface area (TPSA) is 0 Å². The normalized spacial score (nSPS) is 11.3. The Bertz CT molecular complexity index is 1580. The van der Waals surface area contributed by atoms with E-state index in [4.69, 9.17) is 0 Å². The average Bonchev–Trinajstić information content (AvgIpc) is 2.90. The first-order valence-corrected chi connectivity index (χ1v) is 12.2. The monoisotopic (exact) mass is 474 g/mol. The van der Waals surface area contributed by atoms with Crippen LogP contribution in [0.15, 0.2) is 131 Å². The Labute approximate surface area is 206 Å². The maximum atomic E-state index is 14.6. The molecule has 0 saturated heterocycles. The summed E-state index contributed by atoms with van der Waals surface area (Å²) in [6.07, 6.45) is 0. The molecule has 0 aliphatic heterocycles. The van der Waals surface area contributed by atoms with Crippen molar-refractivity contribution in [1.82, 2.24) is 0 Å². The smallest absolute Gasteiger partial charge is 0.131 e. The third-order valence-corrected chi connectivity index (χ3v) is 7.47. The zero-order valence-corrected chi connectivity index (χ0v) is 19.5. The zero-order valence-electron chi connectivity index (χ0n) is 18.7. The summed E-state index contributed by atoms with van der Waals surface area (Å²) < 4.78 is 29.2. The first-order valence-electron chi connectivity index (χ1n) is 11.4. The minimum atomic E-state index is -0.229. The predicted octanol–water partition coefficient (Wildman–Crippen LogP) is 9.76. The van der Waals surface area contributed by atoms with Crippen molar-refractivity contribution in [2.75, 3.05) is 0 Å². The minimum absolute atomic E-state index is 0.229. The van der Waals surface area contributed by atoms with Crippen molar-refractivity contribution < 1.29 is 8.78 Å². The van der Waals surface area contributed by atoms with E-state index in [0.29, 0.717) is 11.1 Å². The molecule has 0 atom stereocenters. The lowest BCUT2D eigenvalue weighted by molar-refractivity contribution is 0.631. The van der Waals surface area contributed by atoms with Crippen molar-refractivity contribution in [3.05, 3.63) is 133 Å². The summed E-state index contributed by atoms with van der Waals surface area (Å²) in [6.45, 7) is 0. The summed E-state index contributed by atoms with van der Waals surface area (Å²) in [5, 5.41) is 4.16. The lowest BCUT2D eigenvalue weighted by atomic mass is 9.98. The molecule has 0 aromatic heterocycles. The molecule has 0 saturated carbocycles. The number of fused-ring (bicyclic) bond motifs is 2. The van der Waals surface area contributed by atoms with E-state index in [1.54, 1.807) is 23.9 Å². The van der Waals surface area contributed by atoms with Gasteiger partial charge in [0.15, 0.2) is 0 Å². The van der Waals surface area contributed by atoms with Gasteiger partial charge in [0.25, 0.3) is 0 Å². The molecule has 6 aromatic carbocycles. The molecule has 0 fully saturated rings. The maximum Gasteiger partial charge on any atom is 0.131 e. The van der Waals surface area contributed by atoms with Crippen LogP contribution in [0, 0.1) is 11.6 Å². The molecular weight excluding hydrogens is 454 g/mol. The Hall–Kier alpha value is -3.95. The Morgan fingerprint density at radius 2 is 0.714 bits per heavy atom. The van der Waals surface area contributed by atoms with E-state index < -0.39 is 0 Å². The molecule has 0 aliphatic rings. The van der Waals surface area contributed by atoms with Gasteiger partial charge in [-0.05, 0) is 56.9 Å². The maximum absolute atomic E-state index is 14.6. The quantitative estimate of drug-likeness (QED) is 0.245. The van der Waals surface area contributed by atoms with E-state index in [0.717, 1.165) is 42.5 Å². The summed E-state index contributed by atoms with van der Waals surface area (Å²) in [4.78, 5) is 2.17. The van der Waals surface area contributed by atoms with E-state index in [2.05, 4.69) is 24.3 Å². The first kappa shape index (κ1) is 21.6. The van der Waals surface area contributed by atoms with Crippen molar-refractivity contribution in [3.63, 3.8) is 0 Å². The van der Waals surface area contributed by atoms with Crippen LogP contribution in [-0.2, 0) is 0 Å². The van der Waals surface area contributed by atoms with Gasteiger partial charge in [-0.2, -0.15) is 0 Å². The minimum Gasteiger partial charge on any atom is -0.206 e. The Kier molecular flexibility index (Phi) is 5.55. The molecule has 0 nitrogen and oxygen atoms in total. The molecule has 35 heavy (non-hydrogen) atoms. The van der Waals surface area contributed by atoms with Gasteiger partial charge in [-0.25, -0.2) is 8.78 Å². The van der Waals surface area contributed by atoms with Gasteiger partial charge in [-0.15, -0.1) is 0 Å². The number of benzene rings is 6.